The molecule has 1 atom stereocenters. The number of benzene rings is 1. The molecule has 2 amide bonds. The summed E-state index contributed by atoms with van der Waals surface area (Å²) in [5, 5.41) is 2.88. The summed E-state index contributed by atoms with van der Waals surface area (Å²) in [6.45, 7) is 2.62. The predicted molar refractivity (Wildman–Crippen MR) is 82.6 cm³/mol. The van der Waals surface area contributed by atoms with Gasteiger partial charge in [0.2, 0.25) is 5.91 Å². The van der Waals surface area contributed by atoms with Crippen LogP contribution in [0.15, 0.2) is 47.1 Å². The van der Waals surface area contributed by atoms with E-state index in [1.54, 1.807) is 29.4 Å². The molecule has 0 aliphatic carbocycles. The Morgan fingerprint density at radius 2 is 2.05 bits per heavy atom. The van der Waals surface area contributed by atoms with Gasteiger partial charge in [-0.1, -0.05) is 0 Å². The molecule has 114 valence electrons. The monoisotopic (exact) mass is 298 g/mol. The highest BCUT2D eigenvalue weighted by Crippen LogP contribution is 2.22. The molecule has 0 unspecified atom stereocenters. The fraction of sp³-hybridized carbons (Fsp3) is 0.294. The van der Waals surface area contributed by atoms with E-state index < -0.39 is 0 Å². The molecule has 1 fully saturated rings. The van der Waals surface area contributed by atoms with Crippen molar-refractivity contribution in [2.45, 2.75) is 25.8 Å². The van der Waals surface area contributed by atoms with Crippen molar-refractivity contribution in [1.82, 2.24) is 5.32 Å². The molecule has 0 spiro atoms. The number of carbonyl (C=O) groups is 2. The summed E-state index contributed by atoms with van der Waals surface area (Å²) in [5.74, 6) is 0.694. The van der Waals surface area contributed by atoms with Crippen LogP contribution in [0.2, 0.25) is 0 Å². The number of anilines is 1. The van der Waals surface area contributed by atoms with Crippen molar-refractivity contribution < 1.29 is 14.0 Å². The number of hydrogen-bond donors (Lipinski definition) is 1. The number of hydrogen-bond acceptors (Lipinski definition) is 3. The van der Waals surface area contributed by atoms with Gasteiger partial charge in [-0.3, -0.25) is 9.59 Å². The molecular formula is C17H18N2O3. The molecule has 1 saturated heterocycles. The second kappa shape index (κ2) is 6.05. The van der Waals surface area contributed by atoms with E-state index in [1.807, 2.05) is 25.1 Å². The summed E-state index contributed by atoms with van der Waals surface area (Å²) in [5.41, 5.74) is 1.41. The van der Waals surface area contributed by atoms with E-state index in [1.165, 1.54) is 0 Å². The van der Waals surface area contributed by atoms with Crippen LogP contribution in [-0.2, 0) is 4.79 Å². The Balaban J connectivity index is 1.67. The van der Waals surface area contributed by atoms with Gasteiger partial charge >= 0.3 is 0 Å². The van der Waals surface area contributed by atoms with Crippen molar-refractivity contribution in [3.05, 3.63) is 54.0 Å². The molecule has 5 nitrogen and oxygen atoms in total. The minimum atomic E-state index is -0.192. The van der Waals surface area contributed by atoms with Crippen LogP contribution in [0.25, 0.3) is 0 Å². The molecule has 3 rings (SSSR count). The standard InChI is InChI=1S/C17H18N2O3/c1-12(15-4-3-11-22-15)18-17(21)13-6-8-14(9-7-13)19-10-2-5-16(19)20/h3-4,6-9,11-12H,2,5,10H2,1H3,(H,18,21)/t12-/m0/s1. The number of rotatable bonds is 4. The number of nitrogens with one attached hydrogen (secondary N) is 1. The second-order valence-corrected chi connectivity index (χ2v) is 5.41. The molecule has 1 aromatic carbocycles. The largest absolute Gasteiger partial charge is 0.467 e. The molecule has 1 aliphatic heterocycles. The van der Waals surface area contributed by atoms with Gasteiger partial charge in [-0.25, -0.2) is 0 Å². The van der Waals surface area contributed by atoms with E-state index in [9.17, 15) is 9.59 Å². The molecule has 0 radical (unpaired) electrons. The molecule has 2 heterocycles. The van der Waals surface area contributed by atoms with Gasteiger partial charge in [0.15, 0.2) is 0 Å². The van der Waals surface area contributed by atoms with E-state index in [0.717, 1.165) is 18.7 Å². The summed E-state index contributed by atoms with van der Waals surface area (Å²) in [6, 6.07) is 10.5. The van der Waals surface area contributed by atoms with Gasteiger partial charge in [-0.05, 0) is 49.7 Å². The van der Waals surface area contributed by atoms with Crippen molar-refractivity contribution in [2.75, 3.05) is 11.4 Å². The average Bonchev–Trinajstić information content (AvgIpc) is 3.18. The first-order valence-corrected chi connectivity index (χ1v) is 7.40. The van der Waals surface area contributed by atoms with Gasteiger partial charge in [0.25, 0.3) is 5.91 Å². The van der Waals surface area contributed by atoms with E-state index in [0.29, 0.717) is 17.7 Å². The Labute approximate surface area is 128 Å². The van der Waals surface area contributed by atoms with Crippen LogP contribution in [-0.4, -0.2) is 18.4 Å². The third-order valence-electron chi connectivity index (χ3n) is 3.83. The first-order chi connectivity index (χ1) is 10.6. The van der Waals surface area contributed by atoms with Crippen LogP contribution in [0.3, 0.4) is 0 Å². The number of furan rings is 1. The highest BCUT2D eigenvalue weighted by Gasteiger charge is 2.21. The van der Waals surface area contributed by atoms with Crippen LogP contribution in [0, 0.1) is 0 Å². The predicted octanol–water partition coefficient (Wildman–Crippen LogP) is 2.90. The van der Waals surface area contributed by atoms with Crippen LogP contribution in [0.4, 0.5) is 5.69 Å². The van der Waals surface area contributed by atoms with Crippen LogP contribution in [0.5, 0.6) is 0 Å². The summed E-state index contributed by atoms with van der Waals surface area (Å²) >= 11 is 0. The maximum Gasteiger partial charge on any atom is 0.251 e. The Kier molecular flexibility index (Phi) is 3.96. The topological polar surface area (TPSA) is 62.6 Å². The van der Waals surface area contributed by atoms with Crippen molar-refractivity contribution in [1.29, 1.82) is 0 Å². The smallest absolute Gasteiger partial charge is 0.251 e. The highest BCUT2D eigenvalue weighted by molar-refractivity contribution is 5.97. The third-order valence-corrected chi connectivity index (χ3v) is 3.83. The maximum absolute atomic E-state index is 12.2. The lowest BCUT2D eigenvalue weighted by Gasteiger charge is -2.16. The molecule has 0 bridgehead atoms. The van der Waals surface area contributed by atoms with Gasteiger partial charge in [0.1, 0.15) is 5.76 Å². The fourth-order valence-corrected chi connectivity index (χ4v) is 2.60. The molecule has 22 heavy (non-hydrogen) atoms. The SMILES string of the molecule is C[C@H](NC(=O)c1ccc(N2CCCC2=O)cc1)c1ccco1. The van der Waals surface area contributed by atoms with E-state index >= 15 is 0 Å². The van der Waals surface area contributed by atoms with Gasteiger partial charge < -0.3 is 14.6 Å². The van der Waals surface area contributed by atoms with Crippen molar-refractivity contribution in [3.8, 4) is 0 Å². The molecule has 1 N–H and O–H groups in total. The van der Waals surface area contributed by atoms with Gasteiger partial charge in [-0.15, -0.1) is 0 Å². The lowest BCUT2D eigenvalue weighted by Crippen LogP contribution is -2.27. The molecule has 1 aromatic heterocycles. The van der Waals surface area contributed by atoms with E-state index in [4.69, 9.17) is 4.42 Å². The minimum Gasteiger partial charge on any atom is -0.467 e. The fourth-order valence-electron chi connectivity index (χ4n) is 2.60. The van der Waals surface area contributed by atoms with E-state index in [-0.39, 0.29) is 17.9 Å². The first kappa shape index (κ1) is 14.4. The number of carbonyl (C=O) groups excluding carboxylic acids is 2. The third kappa shape index (κ3) is 2.88. The van der Waals surface area contributed by atoms with Crippen LogP contribution < -0.4 is 10.2 Å². The lowest BCUT2D eigenvalue weighted by molar-refractivity contribution is -0.117. The Hall–Kier alpha value is -2.56. The van der Waals surface area contributed by atoms with Gasteiger partial charge in [-0.2, -0.15) is 0 Å². The summed E-state index contributed by atoms with van der Waals surface area (Å²) < 4.78 is 5.27. The van der Waals surface area contributed by atoms with Crippen LogP contribution in [0.1, 0.15) is 41.9 Å². The molecule has 1 aliphatic rings. The number of amides is 2. The minimum absolute atomic E-state index is 0.142. The summed E-state index contributed by atoms with van der Waals surface area (Å²) in [7, 11) is 0. The zero-order valence-corrected chi connectivity index (χ0v) is 12.4. The Morgan fingerprint density at radius 3 is 2.64 bits per heavy atom. The first-order valence-electron chi connectivity index (χ1n) is 7.40. The van der Waals surface area contributed by atoms with Crippen molar-refractivity contribution in [3.63, 3.8) is 0 Å². The Morgan fingerprint density at radius 1 is 1.27 bits per heavy atom. The van der Waals surface area contributed by atoms with Crippen molar-refractivity contribution >= 4 is 17.5 Å². The Bertz CT molecular complexity index is 662. The van der Waals surface area contributed by atoms with Gasteiger partial charge in [0, 0.05) is 24.2 Å². The second-order valence-electron chi connectivity index (χ2n) is 5.41. The summed E-state index contributed by atoms with van der Waals surface area (Å²) in [4.78, 5) is 25.7. The number of nitrogens with zero attached hydrogens (tertiary/aromatic N) is 1. The molecule has 5 heteroatoms. The normalized spacial score (nSPS) is 15.9. The maximum atomic E-state index is 12.2. The molecule has 2 aromatic rings. The van der Waals surface area contributed by atoms with Crippen molar-refractivity contribution in [2.24, 2.45) is 0 Å². The zero-order chi connectivity index (χ0) is 15.5. The average molecular weight is 298 g/mol. The molecular weight excluding hydrogens is 280 g/mol. The highest BCUT2D eigenvalue weighted by atomic mass is 16.3. The van der Waals surface area contributed by atoms with Crippen LogP contribution >= 0.6 is 0 Å². The zero-order valence-electron chi connectivity index (χ0n) is 12.4. The van der Waals surface area contributed by atoms with E-state index in [2.05, 4.69) is 5.32 Å². The summed E-state index contributed by atoms with van der Waals surface area (Å²) in [6.07, 6.45) is 3.07. The molecule has 0 saturated carbocycles. The quantitative estimate of drug-likeness (QED) is 0.944. The van der Waals surface area contributed by atoms with Gasteiger partial charge in [0.05, 0.1) is 12.3 Å². The lowest BCUT2D eigenvalue weighted by atomic mass is 10.1.